The molecule has 0 rings (SSSR count). The molecule has 2 unspecified atom stereocenters. The molecule has 3 heteroatoms. The lowest BCUT2D eigenvalue weighted by Gasteiger charge is -2.22. The Morgan fingerprint density at radius 1 is 1.67 bits per heavy atom. The van der Waals surface area contributed by atoms with Gasteiger partial charge in [-0.2, -0.15) is 0 Å². The van der Waals surface area contributed by atoms with Crippen molar-refractivity contribution < 1.29 is 4.74 Å². The van der Waals surface area contributed by atoms with Crippen LogP contribution in [-0.2, 0) is 4.74 Å². The average Bonchev–Trinajstić information content (AvgIpc) is 2.06. The van der Waals surface area contributed by atoms with Gasteiger partial charge >= 0.3 is 0 Å². The molecule has 0 fully saturated rings. The van der Waals surface area contributed by atoms with Crippen LogP contribution < -0.4 is 11.3 Å². The second-order valence-electron chi connectivity index (χ2n) is 2.80. The van der Waals surface area contributed by atoms with Crippen molar-refractivity contribution >= 4 is 0 Å². The van der Waals surface area contributed by atoms with E-state index < -0.39 is 0 Å². The van der Waals surface area contributed by atoms with E-state index in [0.29, 0.717) is 0 Å². The van der Waals surface area contributed by atoms with E-state index in [-0.39, 0.29) is 12.1 Å². The topological polar surface area (TPSA) is 47.3 Å². The molecule has 72 valence electrons. The minimum absolute atomic E-state index is 0.167. The standard InChI is InChI=1S/C9H20N2O/c1-4-6-7-9(11-10)8(3)12-5-2/h4,8-9,11H,1,5-7,10H2,2-3H3. The zero-order valence-corrected chi connectivity index (χ0v) is 8.05. The predicted molar refractivity (Wildman–Crippen MR) is 51.6 cm³/mol. The minimum atomic E-state index is 0.167. The maximum Gasteiger partial charge on any atom is 0.0713 e. The summed E-state index contributed by atoms with van der Waals surface area (Å²) in [5.41, 5.74) is 2.75. The summed E-state index contributed by atoms with van der Waals surface area (Å²) in [4.78, 5) is 0. The van der Waals surface area contributed by atoms with E-state index in [1.807, 2.05) is 19.9 Å². The number of hydrogen-bond acceptors (Lipinski definition) is 3. The lowest BCUT2D eigenvalue weighted by atomic mass is 10.1. The molecule has 0 aromatic rings. The molecule has 0 amide bonds. The Hall–Kier alpha value is -0.380. The van der Waals surface area contributed by atoms with Crippen molar-refractivity contribution in [3.05, 3.63) is 12.7 Å². The molecular weight excluding hydrogens is 152 g/mol. The molecule has 0 radical (unpaired) electrons. The van der Waals surface area contributed by atoms with Crippen LogP contribution in [0.25, 0.3) is 0 Å². The van der Waals surface area contributed by atoms with Gasteiger partial charge in [0.25, 0.3) is 0 Å². The van der Waals surface area contributed by atoms with Crippen molar-refractivity contribution in [3.63, 3.8) is 0 Å². The molecule has 0 saturated carbocycles. The van der Waals surface area contributed by atoms with E-state index >= 15 is 0 Å². The number of ether oxygens (including phenoxy) is 1. The SMILES string of the molecule is C=CCCC(NN)C(C)OCC. The fourth-order valence-electron chi connectivity index (χ4n) is 1.13. The van der Waals surface area contributed by atoms with E-state index in [0.717, 1.165) is 19.4 Å². The van der Waals surface area contributed by atoms with E-state index in [2.05, 4.69) is 12.0 Å². The third kappa shape index (κ3) is 4.49. The molecule has 0 aromatic heterocycles. The molecule has 0 aliphatic rings. The molecule has 3 nitrogen and oxygen atoms in total. The first-order valence-corrected chi connectivity index (χ1v) is 4.44. The molecule has 0 saturated heterocycles. The Kier molecular flexibility index (Phi) is 7.05. The highest BCUT2D eigenvalue weighted by atomic mass is 16.5. The lowest BCUT2D eigenvalue weighted by Crippen LogP contribution is -2.43. The summed E-state index contributed by atoms with van der Waals surface area (Å²) < 4.78 is 5.42. The lowest BCUT2D eigenvalue weighted by molar-refractivity contribution is 0.0455. The van der Waals surface area contributed by atoms with Gasteiger partial charge in [-0.15, -0.1) is 6.58 Å². The maximum atomic E-state index is 5.42. The van der Waals surface area contributed by atoms with Gasteiger partial charge < -0.3 is 4.74 Å². The number of allylic oxidation sites excluding steroid dienone is 1. The third-order valence-corrected chi connectivity index (χ3v) is 1.89. The quantitative estimate of drug-likeness (QED) is 0.345. The van der Waals surface area contributed by atoms with Crippen LogP contribution in [0, 0.1) is 0 Å². The van der Waals surface area contributed by atoms with Crippen molar-refractivity contribution in [2.24, 2.45) is 5.84 Å². The summed E-state index contributed by atoms with van der Waals surface area (Å²) in [6.07, 6.45) is 4.00. The molecule has 0 bridgehead atoms. The normalized spacial score (nSPS) is 15.6. The van der Waals surface area contributed by atoms with Crippen LogP contribution >= 0.6 is 0 Å². The van der Waals surface area contributed by atoms with Gasteiger partial charge in [-0.3, -0.25) is 11.3 Å². The van der Waals surface area contributed by atoms with Crippen molar-refractivity contribution in [2.75, 3.05) is 6.61 Å². The third-order valence-electron chi connectivity index (χ3n) is 1.89. The number of nitrogens with two attached hydrogens (primary N) is 1. The summed E-state index contributed by atoms with van der Waals surface area (Å²) in [5, 5.41) is 0. The van der Waals surface area contributed by atoms with Crippen LogP contribution in [0.1, 0.15) is 26.7 Å². The summed E-state index contributed by atoms with van der Waals surface area (Å²) in [6.45, 7) is 8.40. The monoisotopic (exact) mass is 172 g/mol. The van der Waals surface area contributed by atoms with Crippen molar-refractivity contribution in [1.82, 2.24) is 5.43 Å². The highest BCUT2D eigenvalue weighted by Gasteiger charge is 2.14. The van der Waals surface area contributed by atoms with Gasteiger partial charge in [-0.25, -0.2) is 0 Å². The van der Waals surface area contributed by atoms with E-state index in [1.165, 1.54) is 0 Å². The fourth-order valence-corrected chi connectivity index (χ4v) is 1.13. The van der Waals surface area contributed by atoms with Crippen molar-refractivity contribution in [3.8, 4) is 0 Å². The number of hydrazine groups is 1. The molecule has 0 aliphatic carbocycles. The Morgan fingerprint density at radius 2 is 2.33 bits per heavy atom. The van der Waals surface area contributed by atoms with E-state index in [1.54, 1.807) is 0 Å². The summed E-state index contributed by atoms with van der Waals surface area (Å²) in [5.74, 6) is 5.38. The van der Waals surface area contributed by atoms with Crippen LogP contribution in [0.3, 0.4) is 0 Å². The first-order valence-electron chi connectivity index (χ1n) is 4.44. The summed E-state index contributed by atoms with van der Waals surface area (Å²) >= 11 is 0. The molecule has 0 aliphatic heterocycles. The largest absolute Gasteiger partial charge is 0.377 e. The number of hydrogen-bond donors (Lipinski definition) is 2. The fraction of sp³-hybridized carbons (Fsp3) is 0.778. The Balaban J connectivity index is 3.69. The smallest absolute Gasteiger partial charge is 0.0713 e. The zero-order chi connectivity index (χ0) is 9.40. The number of rotatable bonds is 7. The average molecular weight is 172 g/mol. The molecule has 3 N–H and O–H groups in total. The first kappa shape index (κ1) is 11.6. The Morgan fingerprint density at radius 3 is 2.75 bits per heavy atom. The summed E-state index contributed by atoms with van der Waals surface area (Å²) in [7, 11) is 0. The van der Waals surface area contributed by atoms with E-state index in [9.17, 15) is 0 Å². The predicted octanol–water partition coefficient (Wildman–Crippen LogP) is 1.21. The first-order chi connectivity index (χ1) is 5.76. The molecule has 0 aromatic carbocycles. The van der Waals surface area contributed by atoms with Gasteiger partial charge in [-0.1, -0.05) is 6.08 Å². The van der Waals surface area contributed by atoms with E-state index in [4.69, 9.17) is 10.6 Å². The van der Waals surface area contributed by atoms with Gasteiger partial charge in [0.05, 0.1) is 6.10 Å². The Labute approximate surface area is 74.9 Å². The zero-order valence-electron chi connectivity index (χ0n) is 8.05. The highest BCUT2D eigenvalue weighted by Crippen LogP contribution is 2.05. The van der Waals surface area contributed by atoms with Gasteiger partial charge in [0.15, 0.2) is 0 Å². The van der Waals surface area contributed by atoms with Crippen LogP contribution in [0.15, 0.2) is 12.7 Å². The van der Waals surface area contributed by atoms with Gasteiger partial charge in [-0.05, 0) is 26.7 Å². The molecule has 2 atom stereocenters. The van der Waals surface area contributed by atoms with Crippen LogP contribution in [-0.4, -0.2) is 18.8 Å². The second kappa shape index (κ2) is 7.28. The second-order valence-corrected chi connectivity index (χ2v) is 2.80. The minimum Gasteiger partial charge on any atom is -0.377 e. The maximum absolute atomic E-state index is 5.42. The van der Waals surface area contributed by atoms with Gasteiger partial charge in [0, 0.05) is 12.6 Å². The van der Waals surface area contributed by atoms with Gasteiger partial charge in [0.2, 0.25) is 0 Å². The molecule has 12 heavy (non-hydrogen) atoms. The van der Waals surface area contributed by atoms with Crippen molar-refractivity contribution in [2.45, 2.75) is 38.8 Å². The van der Waals surface area contributed by atoms with Crippen LogP contribution in [0.4, 0.5) is 0 Å². The van der Waals surface area contributed by atoms with Crippen LogP contribution in [0.2, 0.25) is 0 Å². The van der Waals surface area contributed by atoms with Gasteiger partial charge in [0.1, 0.15) is 0 Å². The number of nitrogens with one attached hydrogen (secondary N) is 1. The highest BCUT2D eigenvalue weighted by molar-refractivity contribution is 4.76. The van der Waals surface area contributed by atoms with Crippen molar-refractivity contribution in [1.29, 1.82) is 0 Å². The summed E-state index contributed by atoms with van der Waals surface area (Å²) in [6, 6.07) is 0.225. The molecular formula is C9H20N2O. The van der Waals surface area contributed by atoms with Crippen LogP contribution in [0.5, 0.6) is 0 Å². The molecule has 0 spiro atoms. The Bertz CT molecular complexity index is 117. The molecule has 0 heterocycles.